The van der Waals surface area contributed by atoms with Crippen molar-refractivity contribution in [3.63, 3.8) is 0 Å². The number of nitrogens with one attached hydrogen (secondary N) is 1. The molecule has 1 aromatic heterocycles. The van der Waals surface area contributed by atoms with Gasteiger partial charge in [0.15, 0.2) is 5.82 Å². The van der Waals surface area contributed by atoms with E-state index in [1.54, 1.807) is 0 Å². The Bertz CT molecular complexity index is 567. The number of nitrogens with zero attached hydrogens (tertiary/aromatic N) is 2. The summed E-state index contributed by atoms with van der Waals surface area (Å²) in [6.07, 6.45) is 2.22. The van der Waals surface area contributed by atoms with Gasteiger partial charge in [-0.25, -0.2) is 0 Å². The fraction of sp³-hybridized carbons (Fsp3) is 0.385. The normalized spacial score (nSPS) is 18.0. The van der Waals surface area contributed by atoms with Crippen LogP contribution < -0.4 is 5.32 Å². The molecule has 0 bridgehead atoms. The molecule has 0 spiro atoms. The van der Waals surface area contributed by atoms with Gasteiger partial charge in [-0.15, -0.1) is 0 Å². The average molecular weight is 308 g/mol. The third-order valence-electron chi connectivity index (χ3n) is 3.28. The Hall–Kier alpha value is -1.20. The van der Waals surface area contributed by atoms with E-state index in [2.05, 4.69) is 49.6 Å². The summed E-state index contributed by atoms with van der Waals surface area (Å²) in [5.74, 6) is 1.33. The van der Waals surface area contributed by atoms with E-state index in [4.69, 9.17) is 4.52 Å². The lowest BCUT2D eigenvalue weighted by Gasteiger charge is -2.12. The molecule has 2 aromatic rings. The zero-order valence-corrected chi connectivity index (χ0v) is 11.7. The van der Waals surface area contributed by atoms with Crippen LogP contribution in [0.3, 0.4) is 0 Å². The van der Waals surface area contributed by atoms with E-state index in [9.17, 15) is 0 Å². The highest BCUT2D eigenvalue weighted by molar-refractivity contribution is 9.10. The maximum absolute atomic E-state index is 5.10. The molecule has 0 saturated carbocycles. The monoisotopic (exact) mass is 307 g/mol. The largest absolute Gasteiger partial charge is 0.338 e. The van der Waals surface area contributed by atoms with E-state index < -0.39 is 0 Å². The van der Waals surface area contributed by atoms with Crippen molar-refractivity contribution >= 4 is 15.9 Å². The highest BCUT2D eigenvalue weighted by Crippen LogP contribution is 2.35. The first-order valence-corrected chi connectivity index (χ1v) is 6.83. The van der Waals surface area contributed by atoms with Gasteiger partial charge in [-0.05, 0) is 37.0 Å². The van der Waals surface area contributed by atoms with Gasteiger partial charge in [-0.3, -0.25) is 0 Å². The maximum Gasteiger partial charge on any atom is 0.240 e. The second-order valence-corrected chi connectivity index (χ2v) is 5.37. The Morgan fingerprint density at radius 1 is 1.50 bits per heavy atom. The predicted octanol–water partition coefficient (Wildman–Crippen LogP) is 2.92. The standard InChI is InChI=1S/C13H14BrN3O/c1-8-16-13(18-17-8)7-15-12-6-5-9-10(12)3-2-4-11(9)14/h2-4,12,15H,5-7H2,1H3. The Morgan fingerprint density at radius 2 is 2.39 bits per heavy atom. The Kier molecular flexibility index (Phi) is 3.18. The molecule has 94 valence electrons. The lowest BCUT2D eigenvalue weighted by molar-refractivity contribution is 0.354. The van der Waals surface area contributed by atoms with Crippen LogP contribution in [0.5, 0.6) is 0 Å². The molecule has 3 rings (SSSR count). The zero-order chi connectivity index (χ0) is 12.5. The third kappa shape index (κ3) is 2.20. The van der Waals surface area contributed by atoms with Crippen LogP contribution in [0.25, 0.3) is 0 Å². The maximum atomic E-state index is 5.10. The second-order valence-electron chi connectivity index (χ2n) is 4.52. The van der Waals surface area contributed by atoms with Crippen molar-refractivity contribution in [3.05, 3.63) is 45.5 Å². The van der Waals surface area contributed by atoms with Gasteiger partial charge in [-0.1, -0.05) is 33.2 Å². The molecular formula is C13H14BrN3O. The molecule has 1 N–H and O–H groups in total. The number of hydrogen-bond acceptors (Lipinski definition) is 4. The minimum atomic E-state index is 0.379. The number of benzene rings is 1. The molecule has 4 nitrogen and oxygen atoms in total. The van der Waals surface area contributed by atoms with Crippen LogP contribution in [-0.2, 0) is 13.0 Å². The van der Waals surface area contributed by atoms with Gasteiger partial charge in [0.1, 0.15) is 0 Å². The van der Waals surface area contributed by atoms with Crippen LogP contribution >= 0.6 is 15.9 Å². The predicted molar refractivity (Wildman–Crippen MR) is 71.1 cm³/mol. The molecule has 1 heterocycles. The highest BCUT2D eigenvalue weighted by atomic mass is 79.9. The summed E-state index contributed by atoms with van der Waals surface area (Å²) >= 11 is 3.61. The van der Waals surface area contributed by atoms with Gasteiger partial charge in [0.05, 0.1) is 6.54 Å². The van der Waals surface area contributed by atoms with Crippen molar-refractivity contribution in [1.82, 2.24) is 15.5 Å². The van der Waals surface area contributed by atoms with Crippen molar-refractivity contribution in [2.24, 2.45) is 0 Å². The molecule has 1 aliphatic rings. The molecule has 1 unspecified atom stereocenters. The van der Waals surface area contributed by atoms with E-state index in [1.165, 1.54) is 15.6 Å². The summed E-state index contributed by atoms with van der Waals surface area (Å²) < 4.78 is 6.31. The smallest absolute Gasteiger partial charge is 0.240 e. The highest BCUT2D eigenvalue weighted by Gasteiger charge is 2.23. The number of fused-ring (bicyclic) bond motifs is 1. The van der Waals surface area contributed by atoms with Crippen molar-refractivity contribution in [1.29, 1.82) is 0 Å². The van der Waals surface area contributed by atoms with Crippen molar-refractivity contribution in [2.75, 3.05) is 0 Å². The summed E-state index contributed by atoms with van der Waals surface area (Å²) in [5.41, 5.74) is 2.79. The van der Waals surface area contributed by atoms with Crippen LogP contribution in [0.2, 0.25) is 0 Å². The number of aryl methyl sites for hydroxylation is 1. The SMILES string of the molecule is Cc1noc(CNC2CCc3c(Br)cccc32)n1. The third-order valence-corrected chi connectivity index (χ3v) is 4.03. The first-order valence-electron chi connectivity index (χ1n) is 6.04. The molecule has 0 aliphatic heterocycles. The first-order chi connectivity index (χ1) is 8.74. The molecule has 1 aliphatic carbocycles. The van der Waals surface area contributed by atoms with Gasteiger partial charge >= 0.3 is 0 Å². The molecule has 0 saturated heterocycles. The Labute approximate surface area is 114 Å². The fourth-order valence-corrected chi connectivity index (χ4v) is 3.02. The van der Waals surface area contributed by atoms with Crippen LogP contribution in [0, 0.1) is 6.92 Å². The quantitative estimate of drug-likeness (QED) is 0.947. The minimum absolute atomic E-state index is 0.379. The van der Waals surface area contributed by atoms with Gasteiger partial charge in [0.2, 0.25) is 5.89 Å². The van der Waals surface area contributed by atoms with E-state index in [0.29, 0.717) is 24.3 Å². The molecular weight excluding hydrogens is 294 g/mol. The fourth-order valence-electron chi connectivity index (χ4n) is 2.44. The first kappa shape index (κ1) is 11.9. The van der Waals surface area contributed by atoms with E-state index in [1.807, 2.05) is 6.92 Å². The summed E-state index contributed by atoms with van der Waals surface area (Å²) in [6.45, 7) is 2.45. The van der Waals surface area contributed by atoms with E-state index in [0.717, 1.165) is 12.8 Å². The molecule has 5 heteroatoms. The van der Waals surface area contributed by atoms with Crippen molar-refractivity contribution in [2.45, 2.75) is 32.4 Å². The topological polar surface area (TPSA) is 51.0 Å². The number of halogens is 1. The van der Waals surface area contributed by atoms with Gasteiger partial charge in [-0.2, -0.15) is 4.98 Å². The number of hydrogen-bond donors (Lipinski definition) is 1. The van der Waals surface area contributed by atoms with Crippen LogP contribution in [-0.4, -0.2) is 10.1 Å². The van der Waals surface area contributed by atoms with Crippen LogP contribution in [0.15, 0.2) is 27.2 Å². The van der Waals surface area contributed by atoms with Crippen molar-refractivity contribution < 1.29 is 4.52 Å². The Balaban J connectivity index is 1.71. The van der Waals surface area contributed by atoms with Gasteiger partial charge in [0.25, 0.3) is 0 Å². The zero-order valence-electron chi connectivity index (χ0n) is 10.1. The summed E-state index contributed by atoms with van der Waals surface area (Å²) in [5, 5.41) is 7.26. The lowest BCUT2D eigenvalue weighted by atomic mass is 10.1. The number of rotatable bonds is 3. The molecule has 1 aromatic carbocycles. The van der Waals surface area contributed by atoms with Gasteiger partial charge < -0.3 is 9.84 Å². The summed E-state index contributed by atoms with van der Waals surface area (Å²) in [6, 6.07) is 6.75. The lowest BCUT2D eigenvalue weighted by Crippen LogP contribution is -2.18. The van der Waals surface area contributed by atoms with E-state index in [-0.39, 0.29) is 0 Å². The van der Waals surface area contributed by atoms with Crippen LogP contribution in [0.4, 0.5) is 0 Å². The number of aromatic nitrogens is 2. The molecule has 0 radical (unpaired) electrons. The Morgan fingerprint density at radius 3 is 3.17 bits per heavy atom. The molecule has 18 heavy (non-hydrogen) atoms. The molecule has 0 amide bonds. The minimum Gasteiger partial charge on any atom is -0.338 e. The molecule has 1 atom stereocenters. The average Bonchev–Trinajstić information content (AvgIpc) is 2.94. The van der Waals surface area contributed by atoms with Gasteiger partial charge in [0, 0.05) is 10.5 Å². The van der Waals surface area contributed by atoms with Crippen LogP contribution in [0.1, 0.15) is 35.3 Å². The van der Waals surface area contributed by atoms with E-state index >= 15 is 0 Å². The summed E-state index contributed by atoms with van der Waals surface area (Å²) in [4.78, 5) is 4.20. The van der Waals surface area contributed by atoms with Crippen molar-refractivity contribution in [3.8, 4) is 0 Å². The summed E-state index contributed by atoms with van der Waals surface area (Å²) in [7, 11) is 0. The second kappa shape index (κ2) is 4.82. The molecule has 0 fully saturated rings.